The lowest BCUT2D eigenvalue weighted by molar-refractivity contribution is -0.158. The number of hydrogen-bond acceptors (Lipinski definition) is 3. The van der Waals surface area contributed by atoms with E-state index in [2.05, 4.69) is 29.2 Å². The van der Waals surface area contributed by atoms with Gasteiger partial charge in [-0.15, -0.1) is 0 Å². The summed E-state index contributed by atoms with van der Waals surface area (Å²) in [6.45, 7) is 0.699. The molecule has 182 valence electrons. The van der Waals surface area contributed by atoms with Crippen molar-refractivity contribution in [3.63, 3.8) is 0 Å². The Kier molecular flexibility index (Phi) is 5.72. The highest BCUT2D eigenvalue weighted by Gasteiger charge is 2.48. The smallest absolute Gasteiger partial charge is 0.246 e. The summed E-state index contributed by atoms with van der Waals surface area (Å²) in [4.78, 5) is 34.6. The third-order valence-corrected chi connectivity index (χ3v) is 7.51. The standard InChI is InChI=1S/C30H29N3O3/c1-36-22-15-13-21(14-16-22)29-28-24(23-11-5-6-12-25(23)31-28)18-26-30(35)32(19-27(34)33(26)29)17-7-10-20-8-3-2-4-9-20/h2-6,8-9,11-16,26,29,31H,7,10,17-19H2,1H3/t26-,29+/m0/s1. The zero-order chi connectivity index (χ0) is 24.6. The van der Waals surface area contributed by atoms with Crippen LogP contribution in [0.15, 0.2) is 78.9 Å². The fourth-order valence-corrected chi connectivity index (χ4v) is 5.76. The molecule has 36 heavy (non-hydrogen) atoms. The molecule has 2 atom stereocenters. The van der Waals surface area contributed by atoms with E-state index in [9.17, 15) is 9.59 Å². The van der Waals surface area contributed by atoms with Gasteiger partial charge in [0.2, 0.25) is 11.8 Å². The molecule has 2 aliphatic rings. The number of carbonyl (C=O) groups excluding carboxylic acids is 2. The Bertz CT molecular complexity index is 1410. The van der Waals surface area contributed by atoms with Crippen LogP contribution in [0.1, 0.15) is 34.8 Å². The van der Waals surface area contributed by atoms with Gasteiger partial charge in [0.15, 0.2) is 0 Å². The number of piperazine rings is 1. The molecule has 0 bridgehead atoms. The molecule has 6 nitrogen and oxygen atoms in total. The van der Waals surface area contributed by atoms with E-state index < -0.39 is 6.04 Å². The second kappa shape index (κ2) is 9.19. The summed E-state index contributed by atoms with van der Waals surface area (Å²) in [6.07, 6.45) is 2.23. The van der Waals surface area contributed by atoms with Crippen LogP contribution in [-0.2, 0) is 22.4 Å². The van der Waals surface area contributed by atoms with Gasteiger partial charge in [0.1, 0.15) is 11.8 Å². The SMILES string of the molecule is COc1ccc([C@@H]2c3[nH]c4ccccc4c3C[C@H]3C(=O)N(CCCc4ccccc4)CC(=O)N23)cc1. The van der Waals surface area contributed by atoms with Crippen LogP contribution in [0.2, 0.25) is 0 Å². The van der Waals surface area contributed by atoms with E-state index in [1.54, 1.807) is 12.0 Å². The van der Waals surface area contributed by atoms with Gasteiger partial charge in [-0.25, -0.2) is 0 Å². The fraction of sp³-hybridized carbons (Fsp3) is 0.267. The molecule has 3 aromatic carbocycles. The van der Waals surface area contributed by atoms with Crippen molar-refractivity contribution in [1.29, 1.82) is 0 Å². The zero-order valence-corrected chi connectivity index (χ0v) is 20.3. The van der Waals surface area contributed by atoms with Gasteiger partial charge in [0.25, 0.3) is 0 Å². The quantitative estimate of drug-likeness (QED) is 0.443. The lowest BCUT2D eigenvalue weighted by Crippen LogP contribution is -2.63. The summed E-state index contributed by atoms with van der Waals surface area (Å²) >= 11 is 0. The van der Waals surface area contributed by atoms with E-state index >= 15 is 0 Å². The number of aromatic amines is 1. The van der Waals surface area contributed by atoms with E-state index in [4.69, 9.17) is 4.74 Å². The number of nitrogens with zero attached hydrogens (tertiary/aromatic N) is 2. The molecule has 4 aromatic rings. The third-order valence-electron chi connectivity index (χ3n) is 7.51. The average Bonchev–Trinajstić information content (AvgIpc) is 3.29. The van der Waals surface area contributed by atoms with Crippen LogP contribution in [-0.4, -0.2) is 52.8 Å². The number of rotatable bonds is 6. The number of aryl methyl sites for hydroxylation is 1. The van der Waals surface area contributed by atoms with Gasteiger partial charge in [-0.1, -0.05) is 60.7 Å². The van der Waals surface area contributed by atoms with Crippen molar-refractivity contribution in [1.82, 2.24) is 14.8 Å². The van der Waals surface area contributed by atoms with Gasteiger partial charge < -0.3 is 19.5 Å². The highest BCUT2D eigenvalue weighted by Crippen LogP contribution is 2.42. The first kappa shape index (κ1) is 22.4. The normalized spacial score (nSPS) is 19.4. The summed E-state index contributed by atoms with van der Waals surface area (Å²) in [5.41, 5.74) is 5.36. The van der Waals surface area contributed by atoms with Crippen LogP contribution in [0.3, 0.4) is 0 Å². The van der Waals surface area contributed by atoms with Crippen molar-refractivity contribution in [2.45, 2.75) is 31.3 Å². The van der Waals surface area contributed by atoms with E-state index in [0.29, 0.717) is 13.0 Å². The predicted octanol–water partition coefficient (Wildman–Crippen LogP) is 4.49. The third kappa shape index (κ3) is 3.83. The molecule has 0 unspecified atom stereocenters. The lowest BCUT2D eigenvalue weighted by Gasteiger charge is -2.47. The maximum atomic E-state index is 13.8. The van der Waals surface area contributed by atoms with Gasteiger partial charge >= 0.3 is 0 Å². The molecular weight excluding hydrogens is 450 g/mol. The largest absolute Gasteiger partial charge is 0.497 e. The second-order valence-corrected chi connectivity index (χ2v) is 9.61. The molecule has 3 heterocycles. The number of fused-ring (bicyclic) bond motifs is 4. The number of para-hydroxylation sites is 1. The Morgan fingerprint density at radius 2 is 1.69 bits per heavy atom. The Balaban J connectivity index is 1.34. The molecule has 1 aromatic heterocycles. The zero-order valence-electron chi connectivity index (χ0n) is 20.3. The van der Waals surface area contributed by atoms with Crippen molar-refractivity contribution in [3.05, 3.63) is 101 Å². The minimum atomic E-state index is -0.512. The molecule has 6 rings (SSSR count). The highest BCUT2D eigenvalue weighted by molar-refractivity contribution is 5.97. The summed E-state index contributed by atoms with van der Waals surface area (Å²) in [5, 5.41) is 1.12. The summed E-state index contributed by atoms with van der Waals surface area (Å²) < 4.78 is 5.35. The van der Waals surface area contributed by atoms with E-state index in [1.807, 2.05) is 59.5 Å². The number of nitrogens with one attached hydrogen (secondary N) is 1. The molecule has 0 spiro atoms. The lowest BCUT2D eigenvalue weighted by atomic mass is 9.86. The van der Waals surface area contributed by atoms with Crippen molar-refractivity contribution >= 4 is 22.7 Å². The Labute approximate surface area is 210 Å². The first-order valence-electron chi connectivity index (χ1n) is 12.5. The molecule has 0 radical (unpaired) electrons. The number of amides is 2. The van der Waals surface area contributed by atoms with Crippen LogP contribution in [0.25, 0.3) is 10.9 Å². The molecule has 6 heteroatoms. The molecule has 2 aliphatic heterocycles. The van der Waals surface area contributed by atoms with Gasteiger partial charge in [-0.05, 0) is 47.7 Å². The van der Waals surface area contributed by atoms with Gasteiger partial charge in [-0.2, -0.15) is 0 Å². The maximum Gasteiger partial charge on any atom is 0.246 e. The first-order valence-corrected chi connectivity index (χ1v) is 12.5. The Morgan fingerprint density at radius 3 is 2.47 bits per heavy atom. The average molecular weight is 480 g/mol. The van der Waals surface area contributed by atoms with Crippen molar-refractivity contribution in [2.75, 3.05) is 20.2 Å². The van der Waals surface area contributed by atoms with Crippen LogP contribution >= 0.6 is 0 Å². The number of hydrogen-bond donors (Lipinski definition) is 1. The number of H-pyrrole nitrogens is 1. The summed E-state index contributed by atoms with van der Waals surface area (Å²) in [5.74, 6) is 0.787. The van der Waals surface area contributed by atoms with Crippen LogP contribution in [0, 0.1) is 0 Å². The first-order chi connectivity index (χ1) is 17.6. The Morgan fingerprint density at radius 1 is 0.944 bits per heavy atom. The molecule has 2 amide bonds. The molecule has 0 saturated carbocycles. The molecule has 1 N–H and O–H groups in total. The van der Waals surface area contributed by atoms with Crippen LogP contribution in [0.4, 0.5) is 0 Å². The van der Waals surface area contributed by atoms with Crippen LogP contribution in [0.5, 0.6) is 5.75 Å². The number of methoxy groups -OCH3 is 1. The number of carbonyl (C=O) groups is 2. The number of aromatic nitrogens is 1. The van der Waals surface area contributed by atoms with Crippen molar-refractivity contribution in [2.24, 2.45) is 0 Å². The second-order valence-electron chi connectivity index (χ2n) is 9.61. The van der Waals surface area contributed by atoms with Gasteiger partial charge in [-0.3, -0.25) is 9.59 Å². The van der Waals surface area contributed by atoms with Gasteiger partial charge in [0.05, 0.1) is 19.7 Å². The number of ether oxygens (including phenoxy) is 1. The van der Waals surface area contributed by atoms with Crippen molar-refractivity contribution < 1.29 is 14.3 Å². The topological polar surface area (TPSA) is 65.6 Å². The fourth-order valence-electron chi connectivity index (χ4n) is 5.76. The van der Waals surface area contributed by atoms with Crippen molar-refractivity contribution in [3.8, 4) is 5.75 Å². The monoisotopic (exact) mass is 479 g/mol. The Hall–Kier alpha value is -4.06. The molecule has 1 saturated heterocycles. The molecule has 1 fully saturated rings. The minimum Gasteiger partial charge on any atom is -0.497 e. The van der Waals surface area contributed by atoms with Gasteiger partial charge in [0, 0.05) is 29.6 Å². The van der Waals surface area contributed by atoms with Crippen LogP contribution < -0.4 is 4.74 Å². The van der Waals surface area contributed by atoms with E-state index in [1.165, 1.54) is 5.56 Å². The predicted molar refractivity (Wildman–Crippen MR) is 139 cm³/mol. The summed E-state index contributed by atoms with van der Waals surface area (Å²) in [6, 6.07) is 25.4. The van der Waals surface area contributed by atoms with E-state index in [-0.39, 0.29) is 24.4 Å². The van der Waals surface area contributed by atoms with E-state index in [0.717, 1.165) is 46.3 Å². The minimum absolute atomic E-state index is 0.00978. The maximum absolute atomic E-state index is 13.8. The number of benzene rings is 3. The molecular formula is C30H29N3O3. The summed E-state index contributed by atoms with van der Waals surface area (Å²) in [7, 11) is 1.64. The highest BCUT2D eigenvalue weighted by atomic mass is 16.5. The molecule has 0 aliphatic carbocycles.